The first-order chi connectivity index (χ1) is 10.2. The molecular formula is C17H33N3O. The van der Waals surface area contributed by atoms with E-state index in [2.05, 4.69) is 9.80 Å². The second-order valence-electron chi connectivity index (χ2n) is 7.63. The molecule has 1 aliphatic carbocycles. The highest BCUT2D eigenvalue weighted by molar-refractivity contribution is 4.95. The summed E-state index contributed by atoms with van der Waals surface area (Å²) in [5.41, 5.74) is 6.00. The minimum atomic E-state index is -0.313. The van der Waals surface area contributed by atoms with Crippen LogP contribution in [0.3, 0.4) is 0 Å². The molecule has 3 fully saturated rings. The number of aliphatic hydroxyl groups is 1. The first-order valence-corrected chi connectivity index (χ1v) is 9.08. The molecule has 0 aromatic heterocycles. The summed E-state index contributed by atoms with van der Waals surface area (Å²) in [7, 11) is 0. The van der Waals surface area contributed by atoms with Gasteiger partial charge in [0.1, 0.15) is 0 Å². The van der Waals surface area contributed by atoms with E-state index in [1.807, 2.05) is 0 Å². The van der Waals surface area contributed by atoms with Crippen molar-refractivity contribution >= 4 is 0 Å². The molecule has 0 amide bonds. The lowest BCUT2D eigenvalue weighted by molar-refractivity contribution is 0.0382. The first-order valence-electron chi connectivity index (χ1n) is 9.08. The molecule has 0 aromatic rings. The van der Waals surface area contributed by atoms with Gasteiger partial charge in [-0.2, -0.15) is 0 Å². The Bertz CT molecular complexity index is 324. The average molecular weight is 295 g/mol. The molecule has 0 radical (unpaired) electrons. The molecule has 1 saturated carbocycles. The number of rotatable bonds is 3. The van der Waals surface area contributed by atoms with E-state index in [4.69, 9.17) is 5.73 Å². The van der Waals surface area contributed by atoms with Crippen LogP contribution in [-0.4, -0.2) is 65.3 Å². The fraction of sp³-hybridized carbons (Fsp3) is 1.00. The molecule has 4 nitrogen and oxygen atoms in total. The summed E-state index contributed by atoms with van der Waals surface area (Å²) < 4.78 is 0. The summed E-state index contributed by atoms with van der Waals surface area (Å²) in [5.74, 6) is 0. The Morgan fingerprint density at radius 2 is 1.52 bits per heavy atom. The van der Waals surface area contributed by atoms with Crippen molar-refractivity contribution in [1.82, 2.24) is 9.80 Å². The lowest BCUT2D eigenvalue weighted by atomic mass is 9.79. The molecule has 122 valence electrons. The van der Waals surface area contributed by atoms with Gasteiger partial charge in [0.25, 0.3) is 0 Å². The van der Waals surface area contributed by atoms with Gasteiger partial charge >= 0.3 is 0 Å². The van der Waals surface area contributed by atoms with Gasteiger partial charge in [0.2, 0.25) is 0 Å². The van der Waals surface area contributed by atoms with E-state index >= 15 is 0 Å². The second-order valence-corrected chi connectivity index (χ2v) is 7.63. The van der Waals surface area contributed by atoms with Crippen molar-refractivity contribution in [2.24, 2.45) is 5.73 Å². The van der Waals surface area contributed by atoms with Crippen molar-refractivity contribution in [2.45, 2.75) is 75.4 Å². The van der Waals surface area contributed by atoms with Gasteiger partial charge in [-0.15, -0.1) is 0 Å². The fourth-order valence-electron chi connectivity index (χ4n) is 4.72. The minimum Gasteiger partial charge on any atom is -0.394 e. The van der Waals surface area contributed by atoms with Gasteiger partial charge in [0, 0.05) is 17.6 Å². The van der Waals surface area contributed by atoms with Crippen molar-refractivity contribution in [2.75, 3.05) is 32.8 Å². The van der Waals surface area contributed by atoms with E-state index in [1.165, 1.54) is 71.1 Å². The molecule has 0 spiro atoms. The number of hydrogen-bond acceptors (Lipinski definition) is 4. The maximum absolute atomic E-state index is 9.53. The Morgan fingerprint density at radius 3 is 2.19 bits per heavy atom. The van der Waals surface area contributed by atoms with Crippen LogP contribution < -0.4 is 5.73 Å². The molecule has 2 atom stereocenters. The molecule has 2 saturated heterocycles. The topological polar surface area (TPSA) is 52.7 Å². The van der Waals surface area contributed by atoms with E-state index in [1.54, 1.807) is 0 Å². The number of likely N-dealkylation sites (tertiary alicyclic amines) is 2. The van der Waals surface area contributed by atoms with E-state index in [-0.39, 0.29) is 12.1 Å². The van der Waals surface area contributed by atoms with Crippen LogP contribution >= 0.6 is 0 Å². The second kappa shape index (κ2) is 6.95. The van der Waals surface area contributed by atoms with Gasteiger partial charge in [-0.25, -0.2) is 0 Å². The Kier molecular flexibility index (Phi) is 5.20. The number of aliphatic hydroxyl groups excluding tert-OH is 1. The van der Waals surface area contributed by atoms with Gasteiger partial charge in [-0.05, 0) is 77.5 Å². The molecule has 3 rings (SSSR count). The molecule has 0 aromatic carbocycles. The highest BCUT2D eigenvalue weighted by atomic mass is 16.3. The van der Waals surface area contributed by atoms with Crippen LogP contribution in [-0.2, 0) is 0 Å². The first kappa shape index (κ1) is 15.7. The molecule has 2 heterocycles. The number of hydrogen-bond donors (Lipinski definition) is 2. The standard InChI is InChI=1S/C17H33N3O/c18-17(14-21)8-4-5-16(13-17)20-11-6-15(7-12-20)19-9-2-1-3-10-19/h15-16,21H,1-14,18H2. The largest absolute Gasteiger partial charge is 0.394 e. The summed E-state index contributed by atoms with van der Waals surface area (Å²) in [4.78, 5) is 5.40. The van der Waals surface area contributed by atoms with Crippen molar-refractivity contribution in [1.29, 1.82) is 0 Å². The van der Waals surface area contributed by atoms with E-state index < -0.39 is 0 Å². The molecule has 2 aliphatic heterocycles. The minimum absolute atomic E-state index is 0.147. The SMILES string of the molecule is NC1(CO)CCCC(N2CCC(N3CCCCC3)CC2)C1. The lowest BCUT2D eigenvalue weighted by Gasteiger charge is -2.46. The number of nitrogens with two attached hydrogens (primary N) is 1. The van der Waals surface area contributed by atoms with Crippen molar-refractivity contribution < 1.29 is 5.11 Å². The molecule has 2 unspecified atom stereocenters. The molecule has 3 aliphatic rings. The van der Waals surface area contributed by atoms with E-state index in [0.29, 0.717) is 6.04 Å². The van der Waals surface area contributed by atoms with Crippen molar-refractivity contribution in [3.8, 4) is 0 Å². The van der Waals surface area contributed by atoms with Crippen molar-refractivity contribution in [3.63, 3.8) is 0 Å². The van der Waals surface area contributed by atoms with Gasteiger partial charge in [0.15, 0.2) is 0 Å². The highest BCUT2D eigenvalue weighted by Gasteiger charge is 2.36. The average Bonchev–Trinajstić information content (AvgIpc) is 2.56. The van der Waals surface area contributed by atoms with Gasteiger partial charge < -0.3 is 20.6 Å². The third-order valence-corrected chi connectivity index (χ3v) is 6.09. The van der Waals surface area contributed by atoms with Crippen LogP contribution in [0.25, 0.3) is 0 Å². The number of piperidine rings is 2. The Hall–Kier alpha value is -0.160. The fourth-order valence-corrected chi connectivity index (χ4v) is 4.72. The molecule has 0 bridgehead atoms. The summed E-state index contributed by atoms with van der Waals surface area (Å²) in [6, 6.07) is 1.43. The van der Waals surface area contributed by atoms with Crippen LogP contribution in [0.1, 0.15) is 57.8 Å². The normalized spacial score (nSPS) is 37.7. The monoisotopic (exact) mass is 295 g/mol. The van der Waals surface area contributed by atoms with E-state index in [9.17, 15) is 5.11 Å². The van der Waals surface area contributed by atoms with E-state index in [0.717, 1.165) is 18.9 Å². The Balaban J connectivity index is 1.48. The molecule has 4 heteroatoms. The molecular weight excluding hydrogens is 262 g/mol. The molecule has 3 N–H and O–H groups in total. The van der Waals surface area contributed by atoms with Crippen LogP contribution in [0.2, 0.25) is 0 Å². The van der Waals surface area contributed by atoms with Gasteiger partial charge in [-0.1, -0.05) is 6.42 Å². The van der Waals surface area contributed by atoms with Crippen LogP contribution in [0.5, 0.6) is 0 Å². The molecule has 21 heavy (non-hydrogen) atoms. The third-order valence-electron chi connectivity index (χ3n) is 6.09. The highest BCUT2D eigenvalue weighted by Crippen LogP contribution is 2.31. The lowest BCUT2D eigenvalue weighted by Crippen LogP contribution is -2.55. The zero-order valence-corrected chi connectivity index (χ0v) is 13.5. The Morgan fingerprint density at radius 1 is 0.857 bits per heavy atom. The third kappa shape index (κ3) is 3.79. The van der Waals surface area contributed by atoms with Crippen LogP contribution in [0.15, 0.2) is 0 Å². The predicted molar refractivity (Wildman–Crippen MR) is 86.3 cm³/mol. The van der Waals surface area contributed by atoms with Gasteiger partial charge in [0.05, 0.1) is 6.61 Å². The van der Waals surface area contributed by atoms with Crippen LogP contribution in [0.4, 0.5) is 0 Å². The summed E-state index contributed by atoms with van der Waals surface area (Å²) >= 11 is 0. The van der Waals surface area contributed by atoms with Crippen molar-refractivity contribution in [3.05, 3.63) is 0 Å². The summed E-state index contributed by atoms with van der Waals surface area (Å²) in [6.07, 6.45) is 11.3. The maximum atomic E-state index is 9.53. The van der Waals surface area contributed by atoms with Crippen LogP contribution in [0, 0.1) is 0 Å². The number of nitrogens with zero attached hydrogens (tertiary/aromatic N) is 2. The van der Waals surface area contributed by atoms with Gasteiger partial charge in [-0.3, -0.25) is 0 Å². The summed E-state index contributed by atoms with van der Waals surface area (Å²) in [6.45, 7) is 5.25. The maximum Gasteiger partial charge on any atom is 0.0611 e. The smallest absolute Gasteiger partial charge is 0.0611 e. The zero-order valence-electron chi connectivity index (χ0n) is 13.5. The zero-order chi connectivity index (χ0) is 14.7. The predicted octanol–water partition coefficient (Wildman–Crippen LogP) is 1.57. The summed E-state index contributed by atoms with van der Waals surface area (Å²) in [5, 5.41) is 9.53. The quantitative estimate of drug-likeness (QED) is 0.830. The Labute approximate surface area is 129 Å².